The summed E-state index contributed by atoms with van der Waals surface area (Å²) < 4.78 is 0. The number of hydrogen-bond donors (Lipinski definition) is 0. The van der Waals surface area contributed by atoms with Crippen LogP contribution in [0.1, 0.15) is 6.92 Å². The zero-order valence-corrected chi connectivity index (χ0v) is 16.8. The van der Waals surface area contributed by atoms with Gasteiger partial charge in [-0.2, -0.15) is 4.98 Å². The number of carbonyl (C=O) groups excluding carboxylic acids is 1. The van der Waals surface area contributed by atoms with Gasteiger partial charge in [-0.25, -0.2) is 4.98 Å². The maximum atomic E-state index is 11.7. The molecule has 0 aliphatic carbocycles. The molecule has 1 aliphatic rings. The molecule has 0 saturated carbocycles. The fraction of sp³-hybridized carbons (Fsp3) is 0.261. The van der Waals surface area contributed by atoms with Gasteiger partial charge in [0.2, 0.25) is 11.9 Å². The standard InChI is InChI=1S/C23H25N5O/c1-18(29)27-13-15-28(16-14-27)22-17-21(19-9-5-3-6-10-19)24-23(25-22)26(2)20-11-7-4-8-12-20/h3-12,17H,13-16H2,1-2H3. The van der Waals surface area contributed by atoms with Crippen LogP contribution in [0.2, 0.25) is 0 Å². The van der Waals surface area contributed by atoms with Gasteiger partial charge in [-0.15, -0.1) is 0 Å². The second kappa shape index (κ2) is 8.31. The maximum absolute atomic E-state index is 11.7. The van der Waals surface area contributed by atoms with Crippen LogP contribution in [0.5, 0.6) is 0 Å². The monoisotopic (exact) mass is 387 g/mol. The summed E-state index contributed by atoms with van der Waals surface area (Å²) in [5.41, 5.74) is 2.98. The van der Waals surface area contributed by atoms with Gasteiger partial charge in [0.25, 0.3) is 0 Å². The van der Waals surface area contributed by atoms with Crippen LogP contribution in [-0.2, 0) is 4.79 Å². The highest BCUT2D eigenvalue weighted by molar-refractivity contribution is 5.73. The lowest BCUT2D eigenvalue weighted by molar-refractivity contribution is -0.129. The van der Waals surface area contributed by atoms with Crippen LogP contribution in [0.25, 0.3) is 11.3 Å². The summed E-state index contributed by atoms with van der Waals surface area (Å²) in [5, 5.41) is 0. The van der Waals surface area contributed by atoms with Crippen LogP contribution in [-0.4, -0.2) is 54.0 Å². The van der Waals surface area contributed by atoms with Gasteiger partial charge in [0.1, 0.15) is 5.82 Å². The largest absolute Gasteiger partial charge is 0.353 e. The minimum atomic E-state index is 0.127. The molecule has 3 aromatic rings. The Balaban J connectivity index is 1.70. The number of benzene rings is 2. The second-order valence-corrected chi connectivity index (χ2v) is 7.17. The van der Waals surface area contributed by atoms with E-state index < -0.39 is 0 Å². The molecule has 0 unspecified atom stereocenters. The molecule has 6 heteroatoms. The quantitative estimate of drug-likeness (QED) is 0.685. The molecule has 2 heterocycles. The van der Waals surface area contributed by atoms with Crippen molar-refractivity contribution in [3.8, 4) is 11.3 Å². The lowest BCUT2D eigenvalue weighted by atomic mass is 10.1. The second-order valence-electron chi connectivity index (χ2n) is 7.17. The fourth-order valence-corrected chi connectivity index (χ4v) is 3.51. The number of hydrogen-bond acceptors (Lipinski definition) is 5. The average molecular weight is 387 g/mol. The summed E-state index contributed by atoms with van der Waals surface area (Å²) in [6.45, 7) is 4.58. The van der Waals surface area contributed by atoms with E-state index in [4.69, 9.17) is 9.97 Å². The molecular weight excluding hydrogens is 362 g/mol. The van der Waals surface area contributed by atoms with E-state index in [1.54, 1.807) is 6.92 Å². The summed E-state index contributed by atoms with van der Waals surface area (Å²) in [7, 11) is 1.98. The van der Waals surface area contributed by atoms with Crippen molar-refractivity contribution in [3.63, 3.8) is 0 Å². The lowest BCUT2D eigenvalue weighted by Crippen LogP contribution is -2.48. The van der Waals surface area contributed by atoms with Crippen LogP contribution in [0.4, 0.5) is 17.5 Å². The number of carbonyl (C=O) groups is 1. The average Bonchev–Trinajstić information content (AvgIpc) is 2.79. The Morgan fingerprint density at radius 1 is 0.897 bits per heavy atom. The van der Waals surface area contributed by atoms with Crippen LogP contribution in [0.3, 0.4) is 0 Å². The van der Waals surface area contributed by atoms with Crippen LogP contribution in [0.15, 0.2) is 66.7 Å². The Morgan fingerprint density at radius 3 is 2.14 bits per heavy atom. The third-order valence-electron chi connectivity index (χ3n) is 5.26. The number of rotatable bonds is 4. The molecule has 0 atom stereocenters. The Bertz CT molecular complexity index is 969. The minimum absolute atomic E-state index is 0.127. The van der Waals surface area contributed by atoms with E-state index in [0.29, 0.717) is 19.0 Å². The van der Waals surface area contributed by atoms with Crippen molar-refractivity contribution < 1.29 is 4.79 Å². The van der Waals surface area contributed by atoms with Crippen molar-refractivity contribution in [1.82, 2.24) is 14.9 Å². The van der Waals surface area contributed by atoms with Crippen molar-refractivity contribution in [2.75, 3.05) is 43.0 Å². The molecule has 1 fully saturated rings. The number of piperazine rings is 1. The first kappa shape index (κ1) is 18.9. The molecule has 0 radical (unpaired) electrons. The number of amides is 1. The first-order valence-electron chi connectivity index (χ1n) is 9.85. The first-order chi connectivity index (χ1) is 14.1. The molecular formula is C23H25N5O. The smallest absolute Gasteiger partial charge is 0.232 e. The van der Waals surface area contributed by atoms with Gasteiger partial charge in [0, 0.05) is 57.5 Å². The third kappa shape index (κ3) is 4.21. The molecule has 0 N–H and O–H groups in total. The van der Waals surface area contributed by atoms with Crippen molar-refractivity contribution in [3.05, 3.63) is 66.7 Å². The molecule has 1 aromatic heterocycles. The summed E-state index contributed by atoms with van der Waals surface area (Å²) in [6.07, 6.45) is 0. The van der Waals surface area contributed by atoms with Gasteiger partial charge in [0.05, 0.1) is 5.69 Å². The van der Waals surface area contributed by atoms with E-state index in [1.807, 2.05) is 71.4 Å². The van der Waals surface area contributed by atoms with Crippen molar-refractivity contribution in [1.29, 1.82) is 0 Å². The molecule has 6 nitrogen and oxygen atoms in total. The van der Waals surface area contributed by atoms with Crippen LogP contribution >= 0.6 is 0 Å². The Labute approximate surface area is 171 Å². The summed E-state index contributed by atoms with van der Waals surface area (Å²) >= 11 is 0. The summed E-state index contributed by atoms with van der Waals surface area (Å²) in [5.74, 6) is 1.67. The topological polar surface area (TPSA) is 52.6 Å². The SMILES string of the molecule is CC(=O)N1CCN(c2cc(-c3ccccc3)nc(N(C)c3ccccc3)n2)CC1. The van der Waals surface area contributed by atoms with Gasteiger partial charge >= 0.3 is 0 Å². The van der Waals surface area contributed by atoms with Gasteiger partial charge in [-0.1, -0.05) is 48.5 Å². The minimum Gasteiger partial charge on any atom is -0.353 e. The molecule has 1 amide bonds. The van der Waals surface area contributed by atoms with Crippen molar-refractivity contribution in [2.24, 2.45) is 0 Å². The highest BCUT2D eigenvalue weighted by atomic mass is 16.2. The van der Waals surface area contributed by atoms with E-state index in [9.17, 15) is 4.79 Å². The predicted octanol–water partition coefficient (Wildman–Crippen LogP) is 3.58. The Kier molecular flexibility index (Phi) is 5.42. The predicted molar refractivity (Wildman–Crippen MR) is 116 cm³/mol. The molecule has 0 spiro atoms. The van der Waals surface area contributed by atoms with E-state index in [0.717, 1.165) is 35.9 Å². The molecule has 1 aliphatic heterocycles. The summed E-state index contributed by atoms with van der Waals surface area (Å²) in [6, 6.07) is 22.3. The van der Waals surface area contributed by atoms with Gasteiger partial charge < -0.3 is 14.7 Å². The van der Waals surface area contributed by atoms with Gasteiger partial charge in [-0.05, 0) is 12.1 Å². The van der Waals surface area contributed by atoms with Crippen molar-refractivity contribution >= 4 is 23.4 Å². The molecule has 29 heavy (non-hydrogen) atoms. The lowest BCUT2D eigenvalue weighted by Gasteiger charge is -2.35. The fourth-order valence-electron chi connectivity index (χ4n) is 3.51. The Hall–Kier alpha value is -3.41. The van der Waals surface area contributed by atoms with E-state index in [-0.39, 0.29) is 5.91 Å². The molecule has 1 saturated heterocycles. The molecule has 2 aromatic carbocycles. The summed E-state index contributed by atoms with van der Waals surface area (Å²) in [4.78, 5) is 27.5. The number of para-hydroxylation sites is 1. The molecule has 148 valence electrons. The molecule has 0 bridgehead atoms. The normalized spacial score (nSPS) is 14.0. The van der Waals surface area contributed by atoms with E-state index in [2.05, 4.69) is 17.0 Å². The highest BCUT2D eigenvalue weighted by Gasteiger charge is 2.21. The zero-order chi connectivity index (χ0) is 20.2. The highest BCUT2D eigenvalue weighted by Crippen LogP contribution is 2.28. The maximum Gasteiger partial charge on any atom is 0.232 e. The van der Waals surface area contributed by atoms with Crippen molar-refractivity contribution in [2.45, 2.75) is 6.92 Å². The number of aromatic nitrogens is 2. The van der Waals surface area contributed by atoms with Crippen LogP contribution < -0.4 is 9.80 Å². The van der Waals surface area contributed by atoms with Gasteiger partial charge in [-0.3, -0.25) is 4.79 Å². The van der Waals surface area contributed by atoms with Gasteiger partial charge in [0.15, 0.2) is 0 Å². The third-order valence-corrected chi connectivity index (χ3v) is 5.26. The van der Waals surface area contributed by atoms with Crippen LogP contribution in [0, 0.1) is 0 Å². The zero-order valence-electron chi connectivity index (χ0n) is 16.8. The first-order valence-corrected chi connectivity index (χ1v) is 9.85. The number of nitrogens with zero attached hydrogens (tertiary/aromatic N) is 5. The van der Waals surface area contributed by atoms with E-state index >= 15 is 0 Å². The number of anilines is 3. The van der Waals surface area contributed by atoms with E-state index in [1.165, 1.54) is 0 Å². The Morgan fingerprint density at radius 2 is 1.52 bits per heavy atom. The molecule has 4 rings (SSSR count).